The lowest BCUT2D eigenvalue weighted by Crippen LogP contribution is -2.30. The third-order valence-corrected chi connectivity index (χ3v) is 5.18. The number of halogens is 1. The fourth-order valence-corrected chi connectivity index (χ4v) is 3.55. The van der Waals surface area contributed by atoms with Crippen LogP contribution in [0.4, 0.5) is 4.39 Å². The van der Waals surface area contributed by atoms with E-state index < -0.39 is 5.82 Å². The quantitative estimate of drug-likeness (QED) is 0.439. The maximum Gasteiger partial charge on any atom is 0.254 e. The standard InChI is InChI=1S/C25H22FN3O2/c1-3-29(16-17-8-9-24(31-2)21(26)14-17)25(30)20-15-23(18-10-12-27-13-11-18)28-22-7-5-4-6-19(20)22/h4-15H,3,16H2,1-2H3. The summed E-state index contributed by atoms with van der Waals surface area (Å²) < 4.78 is 19.1. The minimum atomic E-state index is -0.446. The number of pyridine rings is 2. The summed E-state index contributed by atoms with van der Waals surface area (Å²) in [5.41, 5.74) is 3.59. The number of amides is 1. The Balaban J connectivity index is 1.73. The molecule has 4 aromatic rings. The van der Waals surface area contributed by atoms with Gasteiger partial charge in [0, 0.05) is 36.4 Å². The van der Waals surface area contributed by atoms with Gasteiger partial charge in [0.15, 0.2) is 11.6 Å². The van der Waals surface area contributed by atoms with Crippen LogP contribution >= 0.6 is 0 Å². The average molecular weight is 415 g/mol. The molecule has 6 heteroatoms. The van der Waals surface area contributed by atoms with Crippen LogP contribution in [0.3, 0.4) is 0 Å². The van der Waals surface area contributed by atoms with Crippen LogP contribution in [-0.2, 0) is 6.54 Å². The molecule has 4 rings (SSSR count). The Morgan fingerprint density at radius 2 is 1.84 bits per heavy atom. The summed E-state index contributed by atoms with van der Waals surface area (Å²) in [7, 11) is 1.43. The van der Waals surface area contributed by atoms with E-state index in [-0.39, 0.29) is 18.2 Å². The van der Waals surface area contributed by atoms with Gasteiger partial charge in [0.25, 0.3) is 5.91 Å². The first kappa shape index (κ1) is 20.5. The lowest BCUT2D eigenvalue weighted by molar-refractivity contribution is 0.0754. The highest BCUT2D eigenvalue weighted by molar-refractivity contribution is 6.07. The van der Waals surface area contributed by atoms with Gasteiger partial charge in [-0.15, -0.1) is 0 Å². The molecule has 0 fully saturated rings. The van der Waals surface area contributed by atoms with Crippen molar-refractivity contribution in [3.05, 3.63) is 90.0 Å². The van der Waals surface area contributed by atoms with Crippen LogP contribution in [0.15, 0.2) is 73.1 Å². The maximum absolute atomic E-state index is 14.1. The van der Waals surface area contributed by atoms with Crippen LogP contribution in [0.25, 0.3) is 22.2 Å². The number of hydrogen-bond acceptors (Lipinski definition) is 4. The largest absolute Gasteiger partial charge is 0.494 e. The van der Waals surface area contributed by atoms with E-state index in [1.165, 1.54) is 13.2 Å². The summed E-state index contributed by atoms with van der Waals surface area (Å²) in [5, 5.41) is 0.782. The minimum Gasteiger partial charge on any atom is -0.494 e. The van der Waals surface area contributed by atoms with Crippen molar-refractivity contribution in [2.45, 2.75) is 13.5 Å². The summed E-state index contributed by atoms with van der Waals surface area (Å²) in [5.74, 6) is -0.397. The molecule has 0 N–H and O–H groups in total. The van der Waals surface area contributed by atoms with Crippen molar-refractivity contribution in [2.24, 2.45) is 0 Å². The number of ether oxygens (including phenoxy) is 1. The number of benzene rings is 2. The molecule has 0 saturated heterocycles. The first-order valence-electron chi connectivity index (χ1n) is 10.0. The molecule has 0 aliphatic heterocycles. The van der Waals surface area contributed by atoms with Gasteiger partial charge in [-0.05, 0) is 48.9 Å². The van der Waals surface area contributed by atoms with E-state index in [1.54, 1.807) is 29.4 Å². The smallest absolute Gasteiger partial charge is 0.254 e. The van der Waals surface area contributed by atoms with E-state index in [2.05, 4.69) is 4.98 Å². The van der Waals surface area contributed by atoms with Crippen LogP contribution in [0.1, 0.15) is 22.8 Å². The molecule has 0 saturated carbocycles. The van der Waals surface area contributed by atoms with Crippen molar-refractivity contribution in [1.29, 1.82) is 0 Å². The van der Waals surface area contributed by atoms with E-state index in [0.717, 1.165) is 16.5 Å². The maximum atomic E-state index is 14.1. The van der Waals surface area contributed by atoms with Crippen LogP contribution in [0.2, 0.25) is 0 Å². The molecule has 156 valence electrons. The number of para-hydroxylation sites is 1. The van der Waals surface area contributed by atoms with Crippen LogP contribution in [0, 0.1) is 5.82 Å². The SMILES string of the molecule is CCN(Cc1ccc(OC)c(F)c1)C(=O)c1cc(-c2ccncc2)nc2ccccc12. The lowest BCUT2D eigenvalue weighted by atomic mass is 10.0. The van der Waals surface area contributed by atoms with Gasteiger partial charge in [0.05, 0.1) is 23.9 Å². The summed E-state index contributed by atoms with van der Waals surface area (Å²) in [6.45, 7) is 2.68. The van der Waals surface area contributed by atoms with Gasteiger partial charge in [-0.2, -0.15) is 0 Å². The van der Waals surface area contributed by atoms with E-state index >= 15 is 0 Å². The van der Waals surface area contributed by atoms with Crippen LogP contribution in [-0.4, -0.2) is 34.4 Å². The molecule has 0 spiro atoms. The van der Waals surface area contributed by atoms with Crippen LogP contribution in [0.5, 0.6) is 5.75 Å². The zero-order valence-corrected chi connectivity index (χ0v) is 17.4. The third-order valence-electron chi connectivity index (χ3n) is 5.18. The van der Waals surface area contributed by atoms with Gasteiger partial charge in [-0.3, -0.25) is 9.78 Å². The predicted molar refractivity (Wildman–Crippen MR) is 118 cm³/mol. The predicted octanol–water partition coefficient (Wildman–Crippen LogP) is 5.11. The second kappa shape index (κ2) is 8.92. The zero-order chi connectivity index (χ0) is 21.8. The molecule has 0 unspecified atom stereocenters. The molecule has 0 atom stereocenters. The number of rotatable bonds is 6. The molecule has 2 aromatic heterocycles. The summed E-state index contributed by atoms with van der Waals surface area (Å²) >= 11 is 0. The Hall–Kier alpha value is -3.80. The van der Waals surface area contributed by atoms with Gasteiger partial charge in [-0.1, -0.05) is 24.3 Å². The summed E-state index contributed by atoms with van der Waals surface area (Å²) in [4.78, 5) is 24.0. The highest BCUT2D eigenvalue weighted by Crippen LogP contribution is 2.26. The van der Waals surface area contributed by atoms with E-state index in [0.29, 0.717) is 23.4 Å². The van der Waals surface area contributed by atoms with Crippen molar-refractivity contribution < 1.29 is 13.9 Å². The molecule has 0 aliphatic carbocycles. The molecule has 0 radical (unpaired) electrons. The Morgan fingerprint density at radius 1 is 1.06 bits per heavy atom. The normalized spacial score (nSPS) is 10.8. The Morgan fingerprint density at radius 3 is 2.55 bits per heavy atom. The fraction of sp³-hybridized carbons (Fsp3) is 0.160. The first-order chi connectivity index (χ1) is 15.1. The molecule has 0 aliphatic rings. The molecule has 0 bridgehead atoms. The lowest BCUT2D eigenvalue weighted by Gasteiger charge is -2.22. The highest BCUT2D eigenvalue weighted by Gasteiger charge is 2.20. The summed E-state index contributed by atoms with van der Waals surface area (Å²) in [6.07, 6.45) is 3.40. The van der Waals surface area contributed by atoms with Gasteiger partial charge in [0.1, 0.15) is 0 Å². The van der Waals surface area contributed by atoms with Crippen molar-refractivity contribution in [1.82, 2.24) is 14.9 Å². The zero-order valence-electron chi connectivity index (χ0n) is 17.4. The van der Waals surface area contributed by atoms with Crippen molar-refractivity contribution in [3.63, 3.8) is 0 Å². The van der Waals surface area contributed by atoms with E-state index in [1.807, 2.05) is 49.4 Å². The average Bonchev–Trinajstić information content (AvgIpc) is 2.82. The fourth-order valence-electron chi connectivity index (χ4n) is 3.55. The van der Waals surface area contributed by atoms with Crippen molar-refractivity contribution in [3.8, 4) is 17.0 Å². The second-order valence-corrected chi connectivity index (χ2v) is 7.10. The number of aromatic nitrogens is 2. The molecule has 5 nitrogen and oxygen atoms in total. The first-order valence-corrected chi connectivity index (χ1v) is 10.0. The second-order valence-electron chi connectivity index (χ2n) is 7.10. The molecule has 2 aromatic carbocycles. The number of methoxy groups -OCH3 is 1. The number of nitrogens with zero attached hydrogens (tertiary/aromatic N) is 3. The Kier molecular flexibility index (Phi) is 5.89. The van der Waals surface area contributed by atoms with Crippen LogP contribution < -0.4 is 4.74 Å². The van der Waals surface area contributed by atoms with Crippen molar-refractivity contribution >= 4 is 16.8 Å². The number of carbonyl (C=O) groups excluding carboxylic acids is 1. The highest BCUT2D eigenvalue weighted by atomic mass is 19.1. The molecular formula is C25H22FN3O2. The molecule has 1 amide bonds. The van der Waals surface area contributed by atoms with Gasteiger partial charge < -0.3 is 9.64 Å². The van der Waals surface area contributed by atoms with E-state index in [9.17, 15) is 9.18 Å². The number of hydrogen-bond donors (Lipinski definition) is 0. The molecule has 31 heavy (non-hydrogen) atoms. The van der Waals surface area contributed by atoms with Gasteiger partial charge in [0.2, 0.25) is 0 Å². The van der Waals surface area contributed by atoms with Gasteiger partial charge in [-0.25, -0.2) is 9.37 Å². The Bertz CT molecular complexity index is 1230. The monoisotopic (exact) mass is 415 g/mol. The Labute approximate surface area is 180 Å². The van der Waals surface area contributed by atoms with Gasteiger partial charge >= 0.3 is 0 Å². The number of carbonyl (C=O) groups is 1. The van der Waals surface area contributed by atoms with Crippen molar-refractivity contribution in [2.75, 3.05) is 13.7 Å². The third kappa shape index (κ3) is 4.23. The topological polar surface area (TPSA) is 55.3 Å². The summed E-state index contributed by atoms with van der Waals surface area (Å²) in [6, 6.07) is 17.9. The molecule has 2 heterocycles. The minimum absolute atomic E-state index is 0.132. The molecular weight excluding hydrogens is 393 g/mol. The number of fused-ring (bicyclic) bond motifs is 1. The van der Waals surface area contributed by atoms with E-state index in [4.69, 9.17) is 9.72 Å².